The summed E-state index contributed by atoms with van der Waals surface area (Å²) in [6.45, 7) is 2.02. The van der Waals surface area contributed by atoms with E-state index in [0.29, 0.717) is 16.5 Å². The number of esters is 1. The van der Waals surface area contributed by atoms with E-state index in [1.165, 1.54) is 12.3 Å². The van der Waals surface area contributed by atoms with Gasteiger partial charge in [0.15, 0.2) is 5.82 Å². The molecule has 0 bridgehead atoms. The summed E-state index contributed by atoms with van der Waals surface area (Å²) in [6.07, 6.45) is 1.49. The van der Waals surface area contributed by atoms with E-state index in [1.807, 2.05) is 18.2 Å². The van der Waals surface area contributed by atoms with Gasteiger partial charge in [0, 0.05) is 9.77 Å². The molecule has 7 heteroatoms. The monoisotopic (exact) mass is 417 g/mol. The van der Waals surface area contributed by atoms with Crippen LogP contribution in [-0.4, -0.2) is 17.6 Å². The van der Waals surface area contributed by atoms with Gasteiger partial charge in [0.1, 0.15) is 0 Å². The normalized spacial score (nSPS) is 10.2. The van der Waals surface area contributed by atoms with Gasteiger partial charge >= 0.3 is 5.97 Å². The van der Waals surface area contributed by atoms with E-state index in [-0.39, 0.29) is 17.9 Å². The van der Waals surface area contributed by atoms with E-state index in [9.17, 15) is 4.79 Å². The molecule has 1 heterocycles. The first-order chi connectivity index (χ1) is 10.0. The van der Waals surface area contributed by atoms with E-state index in [2.05, 4.69) is 32.9 Å². The number of nitrogens with zero attached hydrogens (tertiary/aromatic N) is 1. The molecule has 0 aliphatic rings. The zero-order chi connectivity index (χ0) is 15.4. The fourth-order valence-electron chi connectivity index (χ4n) is 1.68. The third kappa shape index (κ3) is 3.76. The Kier molecular flexibility index (Phi) is 5.24. The van der Waals surface area contributed by atoms with Gasteiger partial charge < -0.3 is 15.8 Å². The van der Waals surface area contributed by atoms with Crippen molar-refractivity contribution in [3.05, 3.63) is 44.6 Å². The number of hydrogen-bond acceptors (Lipinski definition) is 5. The average molecular weight is 418 g/mol. The second kappa shape index (κ2) is 6.95. The molecule has 1 aromatic heterocycles. The molecular formula is C14H13ClIN3O2. The minimum atomic E-state index is -0.478. The number of anilines is 3. The molecule has 0 saturated carbocycles. The summed E-state index contributed by atoms with van der Waals surface area (Å²) in [5.74, 6) is -0.113. The van der Waals surface area contributed by atoms with Crippen LogP contribution < -0.4 is 11.1 Å². The Morgan fingerprint density at radius 2 is 2.24 bits per heavy atom. The highest BCUT2D eigenvalue weighted by Crippen LogP contribution is 2.29. The van der Waals surface area contributed by atoms with Crippen molar-refractivity contribution in [2.75, 3.05) is 17.7 Å². The highest BCUT2D eigenvalue weighted by Gasteiger charge is 2.15. The standard InChI is InChI=1S/C14H13ClIN3O2/c1-2-21-14(20)9-5-6-18-13(12(9)17)19-11-4-3-8(16)7-10(11)15/h3-7H,2,17H2,1H3,(H,18,19). The summed E-state index contributed by atoms with van der Waals surface area (Å²) in [6, 6.07) is 7.06. The lowest BCUT2D eigenvalue weighted by molar-refractivity contribution is 0.0527. The van der Waals surface area contributed by atoms with Crippen LogP contribution in [0.25, 0.3) is 0 Å². The summed E-state index contributed by atoms with van der Waals surface area (Å²) in [5.41, 5.74) is 7.14. The summed E-state index contributed by atoms with van der Waals surface area (Å²) in [4.78, 5) is 15.9. The molecule has 0 fully saturated rings. The largest absolute Gasteiger partial charge is 0.462 e. The van der Waals surface area contributed by atoms with Crippen LogP contribution in [0.4, 0.5) is 17.2 Å². The Bertz CT molecular complexity index is 679. The van der Waals surface area contributed by atoms with Crippen molar-refractivity contribution in [3.63, 3.8) is 0 Å². The summed E-state index contributed by atoms with van der Waals surface area (Å²) < 4.78 is 5.97. The van der Waals surface area contributed by atoms with Gasteiger partial charge in [-0.05, 0) is 53.8 Å². The molecular weight excluding hydrogens is 405 g/mol. The van der Waals surface area contributed by atoms with E-state index in [4.69, 9.17) is 22.1 Å². The lowest BCUT2D eigenvalue weighted by Crippen LogP contribution is -2.10. The zero-order valence-corrected chi connectivity index (χ0v) is 14.1. The molecule has 0 atom stereocenters. The number of nitrogens with one attached hydrogen (secondary N) is 1. The molecule has 0 saturated heterocycles. The molecule has 2 aromatic rings. The molecule has 110 valence electrons. The van der Waals surface area contributed by atoms with Crippen LogP contribution in [0.5, 0.6) is 0 Å². The molecule has 21 heavy (non-hydrogen) atoms. The molecule has 0 unspecified atom stereocenters. The quantitative estimate of drug-likeness (QED) is 0.584. The van der Waals surface area contributed by atoms with Crippen LogP contribution in [0.3, 0.4) is 0 Å². The Balaban J connectivity index is 2.32. The fourth-order valence-corrected chi connectivity index (χ4v) is 2.58. The number of aromatic nitrogens is 1. The number of pyridine rings is 1. The van der Waals surface area contributed by atoms with Crippen molar-refractivity contribution in [1.82, 2.24) is 4.98 Å². The van der Waals surface area contributed by atoms with Crippen LogP contribution in [0.1, 0.15) is 17.3 Å². The van der Waals surface area contributed by atoms with Gasteiger partial charge in [0.25, 0.3) is 0 Å². The van der Waals surface area contributed by atoms with Gasteiger partial charge in [0.05, 0.1) is 28.6 Å². The van der Waals surface area contributed by atoms with Gasteiger partial charge in [0.2, 0.25) is 0 Å². The first kappa shape index (κ1) is 15.8. The number of nitrogens with two attached hydrogens (primary N) is 1. The SMILES string of the molecule is CCOC(=O)c1ccnc(Nc2ccc(I)cc2Cl)c1N. The molecule has 0 aliphatic carbocycles. The molecule has 1 aromatic carbocycles. The van der Waals surface area contributed by atoms with Gasteiger partial charge in [-0.1, -0.05) is 11.6 Å². The summed E-state index contributed by atoms with van der Waals surface area (Å²) in [7, 11) is 0. The Morgan fingerprint density at radius 1 is 1.48 bits per heavy atom. The lowest BCUT2D eigenvalue weighted by Gasteiger charge is -2.12. The summed E-state index contributed by atoms with van der Waals surface area (Å²) >= 11 is 8.33. The van der Waals surface area contributed by atoms with Crippen LogP contribution in [0, 0.1) is 3.57 Å². The van der Waals surface area contributed by atoms with Crippen LogP contribution in [0.15, 0.2) is 30.5 Å². The van der Waals surface area contributed by atoms with E-state index < -0.39 is 5.97 Å². The fraction of sp³-hybridized carbons (Fsp3) is 0.143. The van der Waals surface area contributed by atoms with E-state index in [0.717, 1.165) is 3.57 Å². The highest BCUT2D eigenvalue weighted by atomic mass is 127. The number of carbonyl (C=O) groups is 1. The molecule has 2 rings (SSSR count). The maximum absolute atomic E-state index is 11.8. The predicted octanol–water partition coefficient (Wildman–Crippen LogP) is 3.84. The maximum atomic E-state index is 11.8. The smallest absolute Gasteiger partial charge is 0.340 e. The number of ether oxygens (including phenoxy) is 1. The van der Waals surface area contributed by atoms with Crippen molar-refractivity contribution >= 4 is 57.4 Å². The Morgan fingerprint density at radius 3 is 2.90 bits per heavy atom. The molecule has 0 radical (unpaired) electrons. The molecule has 3 N–H and O–H groups in total. The first-order valence-electron chi connectivity index (χ1n) is 6.16. The van der Waals surface area contributed by atoms with Crippen molar-refractivity contribution in [2.45, 2.75) is 6.92 Å². The van der Waals surface area contributed by atoms with Crippen molar-refractivity contribution in [2.24, 2.45) is 0 Å². The molecule has 0 aliphatic heterocycles. The number of halogens is 2. The number of hydrogen-bond donors (Lipinski definition) is 2. The molecule has 0 amide bonds. The predicted molar refractivity (Wildman–Crippen MR) is 92.1 cm³/mol. The van der Waals surface area contributed by atoms with E-state index >= 15 is 0 Å². The van der Waals surface area contributed by atoms with Crippen LogP contribution >= 0.6 is 34.2 Å². The van der Waals surface area contributed by atoms with Crippen LogP contribution in [-0.2, 0) is 4.74 Å². The van der Waals surface area contributed by atoms with Gasteiger partial charge in [-0.2, -0.15) is 0 Å². The van der Waals surface area contributed by atoms with Gasteiger partial charge in [-0.3, -0.25) is 0 Å². The minimum Gasteiger partial charge on any atom is -0.462 e. The third-order valence-corrected chi connectivity index (χ3v) is 3.65. The summed E-state index contributed by atoms with van der Waals surface area (Å²) in [5, 5.41) is 3.57. The van der Waals surface area contributed by atoms with E-state index in [1.54, 1.807) is 6.92 Å². The molecule has 0 spiro atoms. The third-order valence-electron chi connectivity index (χ3n) is 2.67. The first-order valence-corrected chi connectivity index (χ1v) is 7.62. The van der Waals surface area contributed by atoms with Crippen LogP contribution in [0.2, 0.25) is 5.02 Å². The van der Waals surface area contributed by atoms with Crippen molar-refractivity contribution in [1.29, 1.82) is 0 Å². The van der Waals surface area contributed by atoms with Crippen molar-refractivity contribution < 1.29 is 9.53 Å². The second-order valence-corrected chi connectivity index (χ2v) is 5.74. The Labute approximate surface area is 141 Å². The van der Waals surface area contributed by atoms with Gasteiger partial charge in [-0.25, -0.2) is 9.78 Å². The van der Waals surface area contributed by atoms with Gasteiger partial charge in [-0.15, -0.1) is 0 Å². The zero-order valence-electron chi connectivity index (χ0n) is 11.2. The number of nitrogen functional groups attached to an aromatic ring is 1. The maximum Gasteiger partial charge on any atom is 0.340 e. The second-order valence-electron chi connectivity index (χ2n) is 4.09. The average Bonchev–Trinajstić information content (AvgIpc) is 2.44. The lowest BCUT2D eigenvalue weighted by atomic mass is 10.2. The number of benzene rings is 1. The number of rotatable bonds is 4. The number of carbonyl (C=O) groups excluding carboxylic acids is 1. The minimum absolute atomic E-state index is 0.227. The topological polar surface area (TPSA) is 77.2 Å². The van der Waals surface area contributed by atoms with Crippen molar-refractivity contribution in [3.8, 4) is 0 Å². The highest BCUT2D eigenvalue weighted by molar-refractivity contribution is 14.1. The molecule has 5 nitrogen and oxygen atoms in total. The Hall–Kier alpha value is -1.54.